The van der Waals surface area contributed by atoms with Gasteiger partial charge in [-0.3, -0.25) is 4.79 Å². The van der Waals surface area contributed by atoms with Crippen LogP contribution in [-0.4, -0.2) is 32.1 Å². The van der Waals surface area contributed by atoms with Gasteiger partial charge in [0.05, 0.1) is 12.1 Å². The van der Waals surface area contributed by atoms with Crippen LogP contribution in [0.15, 0.2) is 0 Å². The number of hydrogen-bond acceptors (Lipinski definition) is 3. The van der Waals surface area contributed by atoms with E-state index in [1.165, 1.54) is 0 Å². The summed E-state index contributed by atoms with van der Waals surface area (Å²) in [5.41, 5.74) is 0. The van der Waals surface area contributed by atoms with Crippen molar-refractivity contribution < 1.29 is 9.59 Å². The Hall–Kier alpha value is -0.835. The van der Waals surface area contributed by atoms with E-state index in [0.29, 0.717) is 14.0 Å². The lowest BCUT2D eigenvalue weighted by atomic mass is 9.89. The van der Waals surface area contributed by atoms with Crippen molar-refractivity contribution in [2.75, 3.05) is 6.54 Å². The lowest BCUT2D eigenvalue weighted by Crippen LogP contribution is -2.59. The summed E-state index contributed by atoms with van der Waals surface area (Å²) in [6, 6.07) is 0.252. The van der Waals surface area contributed by atoms with Crippen LogP contribution >= 0.6 is 0 Å². The van der Waals surface area contributed by atoms with Gasteiger partial charge < -0.3 is 15.3 Å². The number of nitrogens with one attached hydrogen (secondary N) is 2. The van der Waals surface area contributed by atoms with Gasteiger partial charge in [-0.15, -0.1) is 0 Å². The van der Waals surface area contributed by atoms with Crippen molar-refractivity contribution in [2.24, 2.45) is 5.92 Å². The monoisotopic (exact) mass is 154 g/mol. The van der Waals surface area contributed by atoms with Gasteiger partial charge in [-0.25, -0.2) is 0 Å². The summed E-state index contributed by atoms with van der Waals surface area (Å²) in [7, 11) is 0.330. The van der Waals surface area contributed by atoms with Crippen molar-refractivity contribution in [1.29, 1.82) is 0 Å². The molecular weight excluding hydrogens is 143 g/mol. The zero-order valence-electron chi connectivity index (χ0n) is 6.46. The second-order valence-corrected chi connectivity index (χ2v) is 2.73. The van der Waals surface area contributed by atoms with Gasteiger partial charge in [0, 0.05) is 6.04 Å². The van der Waals surface area contributed by atoms with E-state index >= 15 is 0 Å². The van der Waals surface area contributed by atoms with Crippen molar-refractivity contribution in [1.82, 2.24) is 10.5 Å². The molecule has 5 heteroatoms. The quantitative estimate of drug-likeness (QED) is 0.218. The minimum absolute atomic E-state index is 0.0509. The highest BCUT2D eigenvalue weighted by atomic mass is 16.2. The maximum Gasteiger partial charge on any atom is 0.278 e. The Balaban J connectivity index is 2.15. The Morgan fingerprint density at radius 2 is 2.55 bits per heavy atom. The summed E-state index contributed by atoms with van der Waals surface area (Å²) in [4.78, 5) is 20.7. The fraction of sp³-hybridized carbons (Fsp3) is 0.667. The number of carbonyl (C=O) groups excluding carboxylic acids is 2. The Labute approximate surface area is 66.0 Å². The lowest BCUT2D eigenvalue weighted by molar-refractivity contribution is -0.133. The van der Waals surface area contributed by atoms with Crippen molar-refractivity contribution >= 4 is 19.5 Å². The van der Waals surface area contributed by atoms with Gasteiger partial charge in [0.1, 0.15) is 0 Å². The second-order valence-electron chi connectivity index (χ2n) is 2.73. The molecule has 1 fully saturated rings. The highest BCUT2D eigenvalue weighted by Gasteiger charge is 2.34. The second kappa shape index (κ2) is 3.53. The predicted molar refractivity (Wildman–Crippen MR) is 43.0 cm³/mol. The SMILES string of the molecule is C[C@H]1NC(=O)[C@@H]1CNBC=O. The summed E-state index contributed by atoms with van der Waals surface area (Å²) in [5, 5.41) is 5.58. The molecule has 0 aromatic heterocycles. The van der Waals surface area contributed by atoms with Crippen LogP contribution in [0.5, 0.6) is 0 Å². The van der Waals surface area contributed by atoms with Crippen LogP contribution in [0.25, 0.3) is 0 Å². The molecular formula is C6H11BN2O2. The van der Waals surface area contributed by atoms with E-state index in [2.05, 4.69) is 10.5 Å². The molecule has 1 amide bonds. The summed E-state index contributed by atoms with van der Waals surface area (Å²) in [6.45, 7) is 2.56. The third kappa shape index (κ3) is 1.80. The van der Waals surface area contributed by atoms with Gasteiger partial charge in [0.25, 0.3) is 7.41 Å². The molecule has 0 unspecified atom stereocenters. The average molecular weight is 154 g/mol. The summed E-state index contributed by atoms with van der Waals surface area (Å²) >= 11 is 0. The first-order chi connectivity index (χ1) is 5.25. The Bertz CT molecular complexity index is 174. The Morgan fingerprint density at radius 3 is 3.00 bits per heavy atom. The summed E-state index contributed by atoms with van der Waals surface area (Å²) in [5.74, 6) is 0.130. The molecule has 0 radical (unpaired) electrons. The smallest absolute Gasteiger partial charge is 0.278 e. The normalized spacial score (nSPS) is 28.6. The summed E-state index contributed by atoms with van der Waals surface area (Å²) < 4.78 is 0. The first-order valence-electron chi connectivity index (χ1n) is 3.70. The molecule has 0 aromatic carbocycles. The molecule has 60 valence electrons. The molecule has 0 aliphatic carbocycles. The van der Waals surface area contributed by atoms with E-state index in [-0.39, 0.29) is 17.9 Å². The first-order valence-corrected chi connectivity index (χ1v) is 3.70. The van der Waals surface area contributed by atoms with Crippen molar-refractivity contribution in [3.63, 3.8) is 0 Å². The van der Waals surface area contributed by atoms with Crippen molar-refractivity contribution in [2.45, 2.75) is 13.0 Å². The fourth-order valence-electron chi connectivity index (χ4n) is 1.13. The molecule has 2 atom stereocenters. The standard InChI is InChI=1S/C6H11BN2O2/c1-4-5(6(11)9-4)2-8-7-3-10/h3-5,7-8H,2H2,1H3,(H,9,11)/t4-,5-/m1/s1. The number of carbonyl (C=O) groups is 2. The molecule has 0 aromatic rings. The highest BCUT2D eigenvalue weighted by molar-refractivity contribution is 6.64. The van der Waals surface area contributed by atoms with Gasteiger partial charge >= 0.3 is 0 Å². The van der Waals surface area contributed by atoms with E-state index in [0.717, 1.165) is 6.19 Å². The van der Waals surface area contributed by atoms with E-state index in [1.807, 2.05) is 6.92 Å². The van der Waals surface area contributed by atoms with E-state index in [4.69, 9.17) is 0 Å². The zero-order chi connectivity index (χ0) is 8.27. The largest absolute Gasteiger partial charge is 0.352 e. The van der Waals surface area contributed by atoms with Crippen LogP contribution < -0.4 is 10.5 Å². The van der Waals surface area contributed by atoms with Crippen LogP contribution in [0.3, 0.4) is 0 Å². The lowest BCUT2D eigenvalue weighted by Gasteiger charge is -2.34. The number of β-lactam (4-membered cyclic amide) rings is 1. The molecule has 4 nitrogen and oxygen atoms in total. The number of rotatable bonds is 4. The molecule has 1 rings (SSSR count). The molecule has 1 saturated heterocycles. The molecule has 11 heavy (non-hydrogen) atoms. The zero-order valence-corrected chi connectivity index (χ0v) is 6.46. The van der Waals surface area contributed by atoms with Gasteiger partial charge in [-0.2, -0.15) is 0 Å². The summed E-state index contributed by atoms with van der Waals surface area (Å²) in [6.07, 6.45) is 0.793. The molecule has 1 heterocycles. The fourth-order valence-corrected chi connectivity index (χ4v) is 1.13. The minimum atomic E-state index is 0.0509. The van der Waals surface area contributed by atoms with Gasteiger partial charge in [0.2, 0.25) is 5.91 Å². The predicted octanol–water partition coefficient (Wildman–Crippen LogP) is -1.75. The Morgan fingerprint density at radius 1 is 1.82 bits per heavy atom. The van der Waals surface area contributed by atoms with Crippen LogP contribution in [0, 0.1) is 5.92 Å². The average Bonchev–Trinajstić information content (AvgIpc) is 1.98. The number of hydrogen-bond donors (Lipinski definition) is 2. The van der Waals surface area contributed by atoms with Crippen LogP contribution in [0.1, 0.15) is 6.92 Å². The third-order valence-electron chi connectivity index (χ3n) is 1.90. The van der Waals surface area contributed by atoms with Crippen molar-refractivity contribution in [3.05, 3.63) is 0 Å². The van der Waals surface area contributed by atoms with E-state index in [9.17, 15) is 9.59 Å². The van der Waals surface area contributed by atoms with Crippen molar-refractivity contribution in [3.8, 4) is 0 Å². The first kappa shape index (κ1) is 8.26. The minimum Gasteiger partial charge on any atom is -0.352 e. The number of amides is 1. The topological polar surface area (TPSA) is 58.2 Å². The van der Waals surface area contributed by atoms with E-state index in [1.54, 1.807) is 0 Å². The Kier molecular flexibility index (Phi) is 2.65. The molecule has 0 bridgehead atoms. The van der Waals surface area contributed by atoms with E-state index < -0.39 is 0 Å². The molecule has 0 spiro atoms. The van der Waals surface area contributed by atoms with Gasteiger partial charge in [-0.05, 0) is 13.5 Å². The van der Waals surface area contributed by atoms with Gasteiger partial charge in [-0.1, -0.05) is 0 Å². The maximum absolute atomic E-state index is 10.8. The highest BCUT2D eigenvalue weighted by Crippen LogP contribution is 2.12. The molecule has 2 N–H and O–H groups in total. The molecule has 1 aliphatic rings. The molecule has 0 saturated carbocycles. The van der Waals surface area contributed by atoms with Crippen LogP contribution in [0.2, 0.25) is 0 Å². The van der Waals surface area contributed by atoms with Gasteiger partial charge in [0.15, 0.2) is 0 Å². The van der Waals surface area contributed by atoms with Crippen LogP contribution in [-0.2, 0) is 9.59 Å². The molecule has 1 aliphatic heterocycles. The van der Waals surface area contributed by atoms with Crippen LogP contribution in [0.4, 0.5) is 0 Å². The third-order valence-corrected chi connectivity index (χ3v) is 1.90. The maximum atomic E-state index is 10.8.